The monoisotopic (exact) mass is 361 g/mol. The quantitative estimate of drug-likeness (QED) is 0.731. The van der Waals surface area contributed by atoms with Crippen molar-refractivity contribution >= 4 is 5.91 Å². The Labute approximate surface area is 158 Å². The number of nitrogens with one attached hydrogen (secondary N) is 1. The zero-order chi connectivity index (χ0) is 19.2. The average Bonchev–Trinajstić information content (AvgIpc) is 2.70. The molecule has 1 aromatic heterocycles. The third-order valence-electron chi connectivity index (χ3n) is 4.60. The fourth-order valence-corrected chi connectivity index (χ4v) is 3.06. The first-order valence-electron chi connectivity index (χ1n) is 9.09. The number of nitrogens with zero attached hydrogens (tertiary/aromatic N) is 2. The SMILES string of the molecule is CC[C@H](CNC(=O)c1nn(-c2ccccc2)c(C)cc1=O)c1ccccc1. The number of aromatic nitrogens is 2. The van der Waals surface area contributed by atoms with Crippen LogP contribution in [0.4, 0.5) is 0 Å². The Balaban J connectivity index is 1.81. The molecule has 0 fully saturated rings. The third-order valence-corrected chi connectivity index (χ3v) is 4.60. The minimum absolute atomic E-state index is 0.0904. The van der Waals surface area contributed by atoms with Crippen LogP contribution in [0.15, 0.2) is 71.5 Å². The summed E-state index contributed by atoms with van der Waals surface area (Å²) in [6, 6.07) is 20.9. The van der Waals surface area contributed by atoms with Gasteiger partial charge in [0.15, 0.2) is 5.69 Å². The maximum atomic E-state index is 12.6. The van der Waals surface area contributed by atoms with E-state index in [1.165, 1.54) is 11.6 Å². The molecule has 0 bridgehead atoms. The van der Waals surface area contributed by atoms with Gasteiger partial charge >= 0.3 is 0 Å². The Hall–Kier alpha value is -3.21. The molecule has 2 aromatic carbocycles. The van der Waals surface area contributed by atoms with Crippen LogP contribution in [0.5, 0.6) is 0 Å². The normalized spacial score (nSPS) is 11.8. The average molecular weight is 361 g/mol. The molecule has 0 saturated carbocycles. The highest BCUT2D eigenvalue weighted by Gasteiger charge is 2.17. The number of rotatable bonds is 6. The molecule has 0 aliphatic heterocycles. The van der Waals surface area contributed by atoms with E-state index in [2.05, 4.69) is 17.3 Å². The van der Waals surface area contributed by atoms with Crippen LogP contribution >= 0.6 is 0 Å². The molecule has 1 amide bonds. The summed E-state index contributed by atoms with van der Waals surface area (Å²) in [5.74, 6) is -0.254. The molecule has 1 atom stereocenters. The first-order valence-corrected chi connectivity index (χ1v) is 9.09. The first kappa shape index (κ1) is 18.6. The molecule has 3 rings (SSSR count). The van der Waals surface area contributed by atoms with E-state index in [9.17, 15) is 9.59 Å². The van der Waals surface area contributed by atoms with Crippen LogP contribution in [0.25, 0.3) is 5.69 Å². The molecule has 5 heteroatoms. The van der Waals surface area contributed by atoms with E-state index >= 15 is 0 Å². The molecular formula is C22H23N3O2. The van der Waals surface area contributed by atoms with Gasteiger partial charge < -0.3 is 5.32 Å². The van der Waals surface area contributed by atoms with Gasteiger partial charge in [-0.25, -0.2) is 4.68 Å². The number of hydrogen-bond acceptors (Lipinski definition) is 3. The predicted octanol–water partition coefficient (Wildman–Crippen LogP) is 3.46. The van der Waals surface area contributed by atoms with E-state index in [1.54, 1.807) is 11.6 Å². The van der Waals surface area contributed by atoms with Gasteiger partial charge in [0.1, 0.15) is 0 Å². The van der Waals surface area contributed by atoms with Crippen molar-refractivity contribution in [2.24, 2.45) is 0 Å². The van der Waals surface area contributed by atoms with E-state index in [0.29, 0.717) is 12.2 Å². The number of carbonyl (C=O) groups excluding carboxylic acids is 1. The minimum atomic E-state index is -0.445. The molecule has 3 aromatic rings. The van der Waals surface area contributed by atoms with Crippen molar-refractivity contribution in [1.29, 1.82) is 0 Å². The lowest BCUT2D eigenvalue weighted by atomic mass is 9.96. The second-order valence-electron chi connectivity index (χ2n) is 6.47. The minimum Gasteiger partial charge on any atom is -0.350 e. The lowest BCUT2D eigenvalue weighted by Crippen LogP contribution is -2.34. The molecular weight excluding hydrogens is 338 g/mol. The van der Waals surface area contributed by atoms with Crippen LogP contribution in [0.1, 0.15) is 41.0 Å². The summed E-state index contributed by atoms with van der Waals surface area (Å²) in [6.45, 7) is 4.33. The summed E-state index contributed by atoms with van der Waals surface area (Å²) < 4.78 is 1.62. The van der Waals surface area contributed by atoms with E-state index in [-0.39, 0.29) is 17.0 Å². The summed E-state index contributed by atoms with van der Waals surface area (Å²) >= 11 is 0. The third kappa shape index (κ3) is 4.31. The fourth-order valence-electron chi connectivity index (χ4n) is 3.06. The van der Waals surface area contributed by atoms with Crippen molar-refractivity contribution in [3.63, 3.8) is 0 Å². The molecule has 1 N–H and O–H groups in total. The van der Waals surface area contributed by atoms with Crippen LogP contribution in [0, 0.1) is 6.92 Å². The van der Waals surface area contributed by atoms with Crippen LogP contribution in [0.3, 0.4) is 0 Å². The molecule has 27 heavy (non-hydrogen) atoms. The standard InChI is InChI=1S/C22H23N3O2/c1-3-17(18-10-6-4-7-11-18)15-23-22(27)21-20(26)14-16(2)25(24-21)19-12-8-5-9-13-19/h4-14,17H,3,15H2,1-2H3,(H,23,27)/t17-/m1/s1. The number of hydrogen-bond donors (Lipinski definition) is 1. The summed E-state index contributed by atoms with van der Waals surface area (Å²) in [5, 5.41) is 7.18. The van der Waals surface area contributed by atoms with Gasteiger partial charge in [-0.15, -0.1) is 0 Å². The van der Waals surface area contributed by atoms with E-state index < -0.39 is 5.91 Å². The Kier molecular flexibility index (Phi) is 5.81. The van der Waals surface area contributed by atoms with Gasteiger partial charge in [-0.05, 0) is 31.0 Å². The zero-order valence-corrected chi connectivity index (χ0v) is 15.6. The summed E-state index contributed by atoms with van der Waals surface area (Å²) in [4.78, 5) is 24.9. The van der Waals surface area contributed by atoms with E-state index in [0.717, 1.165) is 12.1 Å². The van der Waals surface area contributed by atoms with Gasteiger partial charge in [0.05, 0.1) is 5.69 Å². The lowest BCUT2D eigenvalue weighted by Gasteiger charge is -2.16. The predicted molar refractivity (Wildman–Crippen MR) is 106 cm³/mol. The maximum Gasteiger partial charge on any atom is 0.275 e. The van der Waals surface area contributed by atoms with Crippen molar-refractivity contribution in [1.82, 2.24) is 15.1 Å². The Morgan fingerprint density at radius 1 is 1.07 bits per heavy atom. The fraction of sp³-hybridized carbons (Fsp3) is 0.227. The molecule has 0 unspecified atom stereocenters. The Morgan fingerprint density at radius 3 is 2.33 bits per heavy atom. The van der Waals surface area contributed by atoms with Crippen molar-refractivity contribution in [2.75, 3.05) is 6.54 Å². The van der Waals surface area contributed by atoms with Crippen molar-refractivity contribution < 1.29 is 4.79 Å². The van der Waals surface area contributed by atoms with Gasteiger partial charge in [-0.3, -0.25) is 9.59 Å². The highest BCUT2D eigenvalue weighted by Crippen LogP contribution is 2.18. The second-order valence-corrected chi connectivity index (χ2v) is 6.47. The first-order chi connectivity index (χ1) is 13.1. The molecule has 0 aliphatic rings. The van der Waals surface area contributed by atoms with Gasteiger partial charge in [0, 0.05) is 24.2 Å². The highest BCUT2D eigenvalue weighted by molar-refractivity contribution is 5.92. The number of para-hydroxylation sites is 1. The topological polar surface area (TPSA) is 64.0 Å². The van der Waals surface area contributed by atoms with Crippen molar-refractivity contribution in [3.8, 4) is 5.69 Å². The molecule has 0 spiro atoms. The molecule has 138 valence electrons. The van der Waals surface area contributed by atoms with Gasteiger partial charge in [-0.1, -0.05) is 55.5 Å². The zero-order valence-electron chi connectivity index (χ0n) is 15.6. The van der Waals surface area contributed by atoms with Crippen molar-refractivity contribution in [2.45, 2.75) is 26.2 Å². The van der Waals surface area contributed by atoms with Crippen LogP contribution in [-0.2, 0) is 0 Å². The molecule has 0 saturated heterocycles. The van der Waals surface area contributed by atoms with Crippen LogP contribution < -0.4 is 10.7 Å². The summed E-state index contributed by atoms with van der Waals surface area (Å²) in [5.41, 5.74) is 2.19. The molecule has 1 heterocycles. The number of carbonyl (C=O) groups is 1. The van der Waals surface area contributed by atoms with Gasteiger partial charge in [0.2, 0.25) is 5.43 Å². The highest BCUT2D eigenvalue weighted by atomic mass is 16.2. The largest absolute Gasteiger partial charge is 0.350 e. The number of aryl methyl sites for hydroxylation is 1. The second kappa shape index (κ2) is 8.45. The maximum absolute atomic E-state index is 12.6. The van der Waals surface area contributed by atoms with Gasteiger partial charge in [-0.2, -0.15) is 5.10 Å². The molecule has 5 nitrogen and oxygen atoms in total. The van der Waals surface area contributed by atoms with E-state index in [1.807, 2.05) is 60.7 Å². The Bertz CT molecular complexity index is 966. The summed E-state index contributed by atoms with van der Waals surface area (Å²) in [7, 11) is 0. The molecule has 0 radical (unpaired) electrons. The van der Waals surface area contributed by atoms with Crippen LogP contribution in [-0.4, -0.2) is 22.2 Å². The Morgan fingerprint density at radius 2 is 1.70 bits per heavy atom. The van der Waals surface area contributed by atoms with E-state index in [4.69, 9.17) is 0 Å². The van der Waals surface area contributed by atoms with Crippen LogP contribution in [0.2, 0.25) is 0 Å². The van der Waals surface area contributed by atoms with Gasteiger partial charge in [0.25, 0.3) is 5.91 Å². The number of benzene rings is 2. The molecule has 0 aliphatic carbocycles. The van der Waals surface area contributed by atoms with Crippen molar-refractivity contribution in [3.05, 3.63) is 93.9 Å². The summed E-state index contributed by atoms with van der Waals surface area (Å²) in [6.07, 6.45) is 0.889. The lowest BCUT2D eigenvalue weighted by molar-refractivity contribution is 0.0943. The smallest absolute Gasteiger partial charge is 0.275 e. The number of amides is 1.